The Morgan fingerprint density at radius 1 is 1.30 bits per heavy atom. The highest BCUT2D eigenvalue weighted by Gasteiger charge is 2.48. The first-order chi connectivity index (χ1) is 14.4. The predicted octanol–water partition coefficient (Wildman–Crippen LogP) is 1.59. The molecule has 2 aliphatic carbocycles. The molecule has 0 heterocycles. The van der Waals surface area contributed by atoms with Gasteiger partial charge in [0.2, 0.25) is 11.8 Å². The van der Waals surface area contributed by atoms with E-state index in [9.17, 15) is 14.7 Å². The quantitative estimate of drug-likeness (QED) is 0.515. The van der Waals surface area contributed by atoms with E-state index < -0.39 is 11.5 Å². The lowest BCUT2D eigenvalue weighted by molar-refractivity contribution is -0.135. The molecule has 7 nitrogen and oxygen atoms in total. The molecule has 2 amide bonds. The number of aliphatic hydroxyl groups excluding tert-OH is 1. The van der Waals surface area contributed by atoms with Crippen molar-refractivity contribution in [2.45, 2.75) is 64.1 Å². The molecule has 0 saturated heterocycles. The summed E-state index contributed by atoms with van der Waals surface area (Å²) in [4.78, 5) is 24.7. The second kappa shape index (κ2) is 9.59. The highest BCUT2D eigenvalue weighted by molar-refractivity contribution is 5.82. The zero-order valence-corrected chi connectivity index (χ0v) is 17.6. The third kappa shape index (κ3) is 5.00. The Morgan fingerprint density at radius 3 is 2.67 bits per heavy atom. The molecule has 1 aromatic rings. The Bertz CT molecular complexity index is 804. The lowest BCUT2D eigenvalue weighted by Crippen LogP contribution is -2.54. The van der Waals surface area contributed by atoms with Gasteiger partial charge in [-0.25, -0.2) is 0 Å². The molecule has 5 N–H and O–H groups in total. The molecule has 2 fully saturated rings. The summed E-state index contributed by atoms with van der Waals surface area (Å²) in [6.07, 6.45) is 4.03. The normalized spacial score (nSPS) is 28.9. The molecule has 2 aliphatic rings. The summed E-state index contributed by atoms with van der Waals surface area (Å²) in [5.41, 5.74) is 6.85. The minimum absolute atomic E-state index is 0.0208. The number of rotatable bonds is 8. The number of hydrogen-bond acceptors (Lipinski definition) is 5. The van der Waals surface area contributed by atoms with Gasteiger partial charge < -0.3 is 21.5 Å². The van der Waals surface area contributed by atoms with Crippen LogP contribution in [-0.4, -0.2) is 35.6 Å². The Balaban J connectivity index is 1.49. The fourth-order valence-corrected chi connectivity index (χ4v) is 5.19. The van der Waals surface area contributed by atoms with Crippen LogP contribution in [-0.2, 0) is 16.1 Å². The number of benzene rings is 1. The van der Waals surface area contributed by atoms with E-state index in [4.69, 9.17) is 11.0 Å². The molecule has 30 heavy (non-hydrogen) atoms. The van der Waals surface area contributed by atoms with Crippen LogP contribution < -0.4 is 16.4 Å². The molecule has 0 aliphatic heterocycles. The first-order valence-electron chi connectivity index (χ1n) is 10.8. The SMILES string of the molecule is CC[C@@]1(C(N)=O)CC2CCC(NC(=O)[C@H](O)CNCc3ccc(C#N)cc3)C(C2)C1. The topological polar surface area (TPSA) is 128 Å². The third-order valence-corrected chi connectivity index (χ3v) is 7.00. The molecular weight excluding hydrogens is 380 g/mol. The number of amides is 2. The second-order valence-electron chi connectivity index (χ2n) is 8.92. The summed E-state index contributed by atoms with van der Waals surface area (Å²) in [5, 5.41) is 25.2. The molecule has 3 rings (SSSR count). The third-order valence-electron chi connectivity index (χ3n) is 7.00. The van der Waals surface area contributed by atoms with Gasteiger partial charge in [0, 0.05) is 24.5 Å². The smallest absolute Gasteiger partial charge is 0.250 e. The van der Waals surface area contributed by atoms with E-state index in [0.717, 1.165) is 37.7 Å². The van der Waals surface area contributed by atoms with Gasteiger partial charge >= 0.3 is 0 Å². The van der Waals surface area contributed by atoms with Gasteiger partial charge in [0.1, 0.15) is 6.10 Å². The minimum atomic E-state index is -1.14. The van der Waals surface area contributed by atoms with Crippen LogP contribution in [0.5, 0.6) is 0 Å². The van der Waals surface area contributed by atoms with E-state index in [1.807, 2.05) is 19.1 Å². The first-order valence-corrected chi connectivity index (χ1v) is 10.8. The number of carbonyl (C=O) groups is 2. The Kier molecular flexibility index (Phi) is 7.11. The number of nitrogens with two attached hydrogens (primary N) is 1. The number of nitrogens with zero attached hydrogens (tertiary/aromatic N) is 1. The van der Waals surface area contributed by atoms with E-state index >= 15 is 0 Å². The summed E-state index contributed by atoms with van der Waals surface area (Å²) in [5.74, 6) is 0.118. The van der Waals surface area contributed by atoms with Crippen LogP contribution in [0.4, 0.5) is 0 Å². The average molecular weight is 413 g/mol. The Hall–Kier alpha value is -2.43. The molecule has 1 aromatic carbocycles. The molecular formula is C23H32N4O3. The van der Waals surface area contributed by atoms with Gasteiger partial charge in [0.25, 0.3) is 0 Å². The van der Waals surface area contributed by atoms with Crippen molar-refractivity contribution in [3.05, 3.63) is 35.4 Å². The van der Waals surface area contributed by atoms with Crippen molar-refractivity contribution < 1.29 is 14.7 Å². The monoisotopic (exact) mass is 412 g/mol. The van der Waals surface area contributed by atoms with Crippen LogP contribution in [0.25, 0.3) is 0 Å². The van der Waals surface area contributed by atoms with E-state index in [1.165, 1.54) is 0 Å². The number of fused-ring (bicyclic) bond motifs is 2. The lowest BCUT2D eigenvalue weighted by Gasteiger charge is -2.48. The number of aliphatic hydroxyl groups is 1. The predicted molar refractivity (Wildman–Crippen MR) is 113 cm³/mol. The molecule has 2 bridgehead atoms. The molecule has 2 saturated carbocycles. The van der Waals surface area contributed by atoms with E-state index in [1.54, 1.807) is 12.1 Å². The van der Waals surface area contributed by atoms with Crippen LogP contribution in [0.1, 0.15) is 56.6 Å². The zero-order chi connectivity index (χ0) is 21.7. The summed E-state index contributed by atoms with van der Waals surface area (Å²) < 4.78 is 0. The Labute approximate surface area is 178 Å². The van der Waals surface area contributed by atoms with Gasteiger partial charge in [-0.1, -0.05) is 19.1 Å². The summed E-state index contributed by atoms with van der Waals surface area (Å²) in [6, 6.07) is 9.22. The number of nitriles is 1. The average Bonchev–Trinajstić information content (AvgIpc) is 2.75. The highest BCUT2D eigenvalue weighted by Crippen LogP contribution is 2.50. The molecule has 0 aromatic heterocycles. The maximum atomic E-state index is 12.5. The number of primary amides is 1. The maximum absolute atomic E-state index is 12.5. The van der Waals surface area contributed by atoms with Crippen LogP contribution in [0, 0.1) is 28.6 Å². The molecule has 7 heteroatoms. The van der Waals surface area contributed by atoms with Crippen molar-refractivity contribution in [1.82, 2.24) is 10.6 Å². The highest BCUT2D eigenvalue weighted by atomic mass is 16.3. The van der Waals surface area contributed by atoms with Crippen LogP contribution in [0.2, 0.25) is 0 Å². The molecule has 162 valence electrons. The van der Waals surface area contributed by atoms with Crippen molar-refractivity contribution in [3.63, 3.8) is 0 Å². The zero-order valence-electron chi connectivity index (χ0n) is 17.6. The van der Waals surface area contributed by atoms with E-state index in [2.05, 4.69) is 16.7 Å². The van der Waals surface area contributed by atoms with Crippen molar-refractivity contribution in [2.24, 2.45) is 23.0 Å². The van der Waals surface area contributed by atoms with Crippen LogP contribution >= 0.6 is 0 Å². The molecule has 3 unspecified atom stereocenters. The molecule has 0 spiro atoms. The van der Waals surface area contributed by atoms with Crippen molar-refractivity contribution >= 4 is 11.8 Å². The first kappa shape index (κ1) is 22.3. The van der Waals surface area contributed by atoms with Gasteiger partial charge in [-0.3, -0.25) is 9.59 Å². The van der Waals surface area contributed by atoms with Crippen molar-refractivity contribution in [1.29, 1.82) is 5.26 Å². The molecule has 0 radical (unpaired) electrons. The fraction of sp³-hybridized carbons (Fsp3) is 0.609. The maximum Gasteiger partial charge on any atom is 0.250 e. The van der Waals surface area contributed by atoms with Crippen LogP contribution in [0.3, 0.4) is 0 Å². The largest absolute Gasteiger partial charge is 0.382 e. The van der Waals surface area contributed by atoms with Gasteiger partial charge in [-0.15, -0.1) is 0 Å². The summed E-state index contributed by atoms with van der Waals surface area (Å²) in [7, 11) is 0. The van der Waals surface area contributed by atoms with Crippen molar-refractivity contribution in [3.8, 4) is 6.07 Å². The van der Waals surface area contributed by atoms with Gasteiger partial charge in [0.15, 0.2) is 0 Å². The molecule has 5 atom stereocenters. The minimum Gasteiger partial charge on any atom is -0.382 e. The van der Waals surface area contributed by atoms with Gasteiger partial charge in [0.05, 0.1) is 11.6 Å². The van der Waals surface area contributed by atoms with Crippen molar-refractivity contribution in [2.75, 3.05) is 6.54 Å². The summed E-state index contributed by atoms with van der Waals surface area (Å²) >= 11 is 0. The number of carbonyl (C=O) groups excluding carboxylic acids is 2. The van der Waals surface area contributed by atoms with E-state index in [-0.39, 0.29) is 30.3 Å². The Morgan fingerprint density at radius 2 is 2.03 bits per heavy atom. The van der Waals surface area contributed by atoms with Gasteiger partial charge in [-0.05, 0) is 68.1 Å². The van der Waals surface area contributed by atoms with E-state index in [0.29, 0.717) is 24.4 Å². The fourth-order valence-electron chi connectivity index (χ4n) is 5.19. The second-order valence-corrected chi connectivity index (χ2v) is 8.92. The van der Waals surface area contributed by atoms with Gasteiger partial charge in [-0.2, -0.15) is 5.26 Å². The standard InChI is InChI=1S/C23H32N4O3/c1-2-23(22(25)30)10-17-7-8-19(18(9-17)11-23)27-21(29)20(28)14-26-13-16-5-3-15(12-24)4-6-16/h3-6,17-20,26,28H,2,7-11,13-14H2,1H3,(H2,25,30)(H,27,29)/t17?,18?,19?,20-,23-/m1/s1. The number of nitrogens with one attached hydrogen (secondary N) is 2. The number of hydrogen-bond donors (Lipinski definition) is 4. The summed E-state index contributed by atoms with van der Waals surface area (Å²) in [6.45, 7) is 2.66. The van der Waals surface area contributed by atoms with Crippen LogP contribution in [0.15, 0.2) is 24.3 Å². The lowest BCUT2D eigenvalue weighted by atomic mass is 9.58.